The zero-order valence-electron chi connectivity index (χ0n) is 17.6. The second-order valence-corrected chi connectivity index (χ2v) is 8.51. The van der Waals surface area contributed by atoms with Crippen molar-refractivity contribution in [3.05, 3.63) is 108 Å². The van der Waals surface area contributed by atoms with Crippen LogP contribution in [0.3, 0.4) is 0 Å². The SMILES string of the molecule is S=C(Nc1cnn(Cc2cccc3ccccc23)c1)Nc1ccn(Cc2ccc(Cl)cc2)n1. The molecule has 0 aliphatic heterocycles. The molecular formula is C25H21ClN6S. The Bertz CT molecular complexity index is 1400. The molecule has 0 spiro atoms. The summed E-state index contributed by atoms with van der Waals surface area (Å²) in [7, 11) is 0. The minimum atomic E-state index is 0.455. The van der Waals surface area contributed by atoms with E-state index in [1.165, 1.54) is 16.3 Å². The second-order valence-electron chi connectivity index (χ2n) is 7.67. The van der Waals surface area contributed by atoms with E-state index < -0.39 is 0 Å². The van der Waals surface area contributed by atoms with Crippen molar-refractivity contribution in [1.82, 2.24) is 19.6 Å². The first-order valence-electron chi connectivity index (χ1n) is 10.5. The van der Waals surface area contributed by atoms with Crippen LogP contribution in [-0.4, -0.2) is 24.7 Å². The second kappa shape index (κ2) is 9.44. The number of nitrogens with zero attached hydrogens (tertiary/aromatic N) is 4. The number of hydrogen-bond donors (Lipinski definition) is 2. The number of thiocarbonyl (C=S) groups is 1. The summed E-state index contributed by atoms with van der Waals surface area (Å²) in [6.45, 7) is 1.33. The van der Waals surface area contributed by atoms with Gasteiger partial charge in [0.15, 0.2) is 10.9 Å². The van der Waals surface area contributed by atoms with E-state index >= 15 is 0 Å². The van der Waals surface area contributed by atoms with Crippen LogP contribution >= 0.6 is 23.8 Å². The number of halogens is 1. The molecule has 0 bridgehead atoms. The van der Waals surface area contributed by atoms with Crippen molar-refractivity contribution in [2.75, 3.05) is 10.6 Å². The maximum Gasteiger partial charge on any atom is 0.176 e. The molecule has 2 aromatic heterocycles. The fraction of sp³-hybridized carbons (Fsp3) is 0.0800. The normalized spacial score (nSPS) is 10.9. The molecule has 33 heavy (non-hydrogen) atoms. The van der Waals surface area contributed by atoms with Crippen molar-refractivity contribution < 1.29 is 0 Å². The van der Waals surface area contributed by atoms with Gasteiger partial charge in [-0.05, 0) is 46.2 Å². The third kappa shape index (κ3) is 5.22. The van der Waals surface area contributed by atoms with E-state index in [0.29, 0.717) is 24.0 Å². The molecule has 3 aromatic carbocycles. The molecule has 0 atom stereocenters. The van der Waals surface area contributed by atoms with E-state index in [0.717, 1.165) is 16.3 Å². The molecule has 0 aliphatic rings. The summed E-state index contributed by atoms with van der Waals surface area (Å²) in [5.41, 5.74) is 3.15. The van der Waals surface area contributed by atoms with Crippen LogP contribution < -0.4 is 10.6 Å². The van der Waals surface area contributed by atoms with Crippen molar-refractivity contribution in [2.24, 2.45) is 0 Å². The average Bonchev–Trinajstić information content (AvgIpc) is 3.44. The van der Waals surface area contributed by atoms with Gasteiger partial charge in [-0.3, -0.25) is 9.36 Å². The minimum Gasteiger partial charge on any atom is -0.330 e. The van der Waals surface area contributed by atoms with Crippen molar-refractivity contribution in [2.45, 2.75) is 13.1 Å². The summed E-state index contributed by atoms with van der Waals surface area (Å²) >= 11 is 11.4. The van der Waals surface area contributed by atoms with E-state index in [9.17, 15) is 0 Å². The minimum absolute atomic E-state index is 0.455. The van der Waals surface area contributed by atoms with E-state index in [4.69, 9.17) is 23.8 Å². The molecule has 0 unspecified atom stereocenters. The van der Waals surface area contributed by atoms with Gasteiger partial charge in [-0.25, -0.2) is 0 Å². The zero-order chi connectivity index (χ0) is 22.6. The number of aromatic nitrogens is 4. The smallest absolute Gasteiger partial charge is 0.176 e. The number of fused-ring (bicyclic) bond motifs is 1. The third-order valence-corrected chi connectivity index (χ3v) is 5.70. The number of rotatable bonds is 6. The Morgan fingerprint density at radius 2 is 1.70 bits per heavy atom. The third-order valence-electron chi connectivity index (χ3n) is 5.24. The van der Waals surface area contributed by atoms with Crippen molar-refractivity contribution >= 4 is 51.2 Å². The van der Waals surface area contributed by atoms with E-state index in [2.05, 4.69) is 63.3 Å². The molecule has 0 saturated heterocycles. The van der Waals surface area contributed by atoms with Gasteiger partial charge in [-0.15, -0.1) is 0 Å². The monoisotopic (exact) mass is 472 g/mol. The van der Waals surface area contributed by atoms with Crippen LogP contribution in [0.2, 0.25) is 5.02 Å². The topological polar surface area (TPSA) is 59.7 Å². The Morgan fingerprint density at radius 1 is 0.879 bits per heavy atom. The van der Waals surface area contributed by atoms with E-state index in [-0.39, 0.29) is 0 Å². The number of nitrogens with one attached hydrogen (secondary N) is 2. The highest BCUT2D eigenvalue weighted by Crippen LogP contribution is 2.20. The lowest BCUT2D eigenvalue weighted by Crippen LogP contribution is -2.19. The Labute approximate surface area is 201 Å². The van der Waals surface area contributed by atoms with Crippen LogP contribution in [0.5, 0.6) is 0 Å². The molecule has 6 nitrogen and oxygen atoms in total. The summed E-state index contributed by atoms with van der Waals surface area (Å²) in [5, 5.41) is 18.9. The zero-order valence-corrected chi connectivity index (χ0v) is 19.2. The van der Waals surface area contributed by atoms with Gasteiger partial charge in [0.25, 0.3) is 0 Å². The maximum absolute atomic E-state index is 5.95. The first-order valence-corrected chi connectivity index (χ1v) is 11.3. The fourth-order valence-corrected chi connectivity index (χ4v) is 4.04. The van der Waals surface area contributed by atoms with Crippen molar-refractivity contribution in [3.63, 3.8) is 0 Å². The summed E-state index contributed by atoms with van der Waals surface area (Å²) in [5.74, 6) is 0.671. The van der Waals surface area contributed by atoms with Gasteiger partial charge in [-0.2, -0.15) is 10.2 Å². The molecule has 0 saturated carbocycles. The molecule has 5 aromatic rings. The Kier molecular flexibility index (Phi) is 6.06. The van der Waals surface area contributed by atoms with Crippen LogP contribution in [0, 0.1) is 0 Å². The Balaban J connectivity index is 1.19. The Hall–Kier alpha value is -3.68. The lowest BCUT2D eigenvalue weighted by molar-refractivity contribution is 0.690. The van der Waals surface area contributed by atoms with Crippen LogP contribution in [0.4, 0.5) is 11.5 Å². The van der Waals surface area contributed by atoms with Gasteiger partial charge in [0.1, 0.15) is 0 Å². The molecule has 2 N–H and O–H groups in total. The summed E-state index contributed by atoms with van der Waals surface area (Å²) in [6, 6.07) is 24.3. The molecule has 5 rings (SSSR count). The largest absolute Gasteiger partial charge is 0.330 e. The van der Waals surface area contributed by atoms with Gasteiger partial charge in [0, 0.05) is 23.5 Å². The maximum atomic E-state index is 5.95. The highest BCUT2D eigenvalue weighted by atomic mass is 35.5. The predicted molar refractivity (Wildman–Crippen MR) is 138 cm³/mol. The first kappa shape index (κ1) is 21.2. The highest BCUT2D eigenvalue weighted by Gasteiger charge is 2.07. The predicted octanol–water partition coefficient (Wildman–Crippen LogP) is 5.79. The molecule has 0 radical (unpaired) electrons. The van der Waals surface area contributed by atoms with E-state index in [1.54, 1.807) is 6.20 Å². The van der Waals surface area contributed by atoms with Crippen molar-refractivity contribution in [3.8, 4) is 0 Å². The standard InChI is InChI=1S/C25H21ClN6S/c26-21-10-8-18(9-11-21)15-31-13-12-24(30-31)29-25(33)28-22-14-27-32(17-22)16-20-6-3-5-19-4-1-2-7-23(19)20/h1-14,17H,15-16H2,(H2,28,29,30,33). The van der Waals surface area contributed by atoms with Crippen LogP contribution in [0.25, 0.3) is 10.8 Å². The van der Waals surface area contributed by atoms with Crippen LogP contribution in [0.15, 0.2) is 91.4 Å². The number of hydrogen-bond acceptors (Lipinski definition) is 3. The van der Waals surface area contributed by atoms with E-state index in [1.807, 2.05) is 52.1 Å². The van der Waals surface area contributed by atoms with Crippen molar-refractivity contribution in [1.29, 1.82) is 0 Å². The number of benzene rings is 3. The van der Waals surface area contributed by atoms with Gasteiger partial charge in [0.2, 0.25) is 0 Å². The Morgan fingerprint density at radius 3 is 2.58 bits per heavy atom. The summed E-state index contributed by atoms with van der Waals surface area (Å²) in [6.07, 6.45) is 5.61. The summed E-state index contributed by atoms with van der Waals surface area (Å²) in [4.78, 5) is 0. The fourth-order valence-electron chi connectivity index (χ4n) is 3.69. The lowest BCUT2D eigenvalue weighted by Gasteiger charge is -2.07. The van der Waals surface area contributed by atoms with Gasteiger partial charge in [0.05, 0.1) is 25.0 Å². The number of anilines is 2. The quantitative estimate of drug-likeness (QED) is 0.306. The molecule has 2 heterocycles. The van der Waals surface area contributed by atoms with Crippen LogP contribution in [-0.2, 0) is 13.1 Å². The highest BCUT2D eigenvalue weighted by molar-refractivity contribution is 7.80. The molecular weight excluding hydrogens is 452 g/mol. The van der Waals surface area contributed by atoms with Crippen LogP contribution in [0.1, 0.15) is 11.1 Å². The first-order chi connectivity index (χ1) is 16.1. The van der Waals surface area contributed by atoms with Gasteiger partial charge >= 0.3 is 0 Å². The van der Waals surface area contributed by atoms with Gasteiger partial charge < -0.3 is 10.6 Å². The molecule has 0 aliphatic carbocycles. The summed E-state index contributed by atoms with van der Waals surface area (Å²) < 4.78 is 3.74. The lowest BCUT2D eigenvalue weighted by atomic mass is 10.0. The molecule has 8 heteroatoms. The molecule has 164 valence electrons. The molecule has 0 amide bonds. The average molecular weight is 473 g/mol. The molecule has 0 fully saturated rings. The van der Waals surface area contributed by atoms with Gasteiger partial charge in [-0.1, -0.05) is 66.2 Å².